The second kappa shape index (κ2) is 10.8. The molecule has 9 heteroatoms. The number of likely N-dealkylation sites (N-methyl/N-ethyl adjacent to an activating group) is 2. The molecule has 4 atom stereocenters. The summed E-state index contributed by atoms with van der Waals surface area (Å²) in [4.78, 5) is 20.4. The van der Waals surface area contributed by atoms with Crippen molar-refractivity contribution in [3.63, 3.8) is 0 Å². The van der Waals surface area contributed by atoms with Crippen molar-refractivity contribution in [3.8, 4) is 0 Å². The molecule has 2 rings (SSSR count). The van der Waals surface area contributed by atoms with Crippen LogP contribution in [0.25, 0.3) is 0 Å². The minimum absolute atomic E-state index is 0.00885. The fourth-order valence-corrected chi connectivity index (χ4v) is 4.20. The Labute approximate surface area is 178 Å². The van der Waals surface area contributed by atoms with Crippen molar-refractivity contribution in [2.24, 2.45) is 22.4 Å². The molecule has 3 unspecified atom stereocenters. The molecule has 0 aliphatic heterocycles. The van der Waals surface area contributed by atoms with Crippen molar-refractivity contribution in [3.05, 3.63) is 23.7 Å². The summed E-state index contributed by atoms with van der Waals surface area (Å²) in [5, 5.41) is 11.0. The summed E-state index contributed by atoms with van der Waals surface area (Å²) >= 11 is 0. The number of nitrogens with zero attached hydrogens (tertiary/aromatic N) is 3. The first-order valence-electron chi connectivity index (χ1n) is 10.6. The van der Waals surface area contributed by atoms with Crippen LogP contribution in [0.4, 0.5) is 4.39 Å². The van der Waals surface area contributed by atoms with Crippen LogP contribution in [0.2, 0.25) is 0 Å². The Kier molecular flexibility index (Phi) is 8.69. The van der Waals surface area contributed by atoms with Crippen LogP contribution in [-0.2, 0) is 4.79 Å². The number of carbonyl (C=O) groups excluding carboxylic acids is 1. The van der Waals surface area contributed by atoms with Gasteiger partial charge in [0.1, 0.15) is 5.83 Å². The standard InChI is InChI=1S/C21H36FN7O/c1-5-28(3)16-8-6-7-9-17(16)29(4)21(25)27-20(18(23)19(24)30)26-15-11-13(2)10-14(22)12-15/h10,12-13,16-17,21,23H,5-9,11,25H2,1-4H3,(H2,24,30)(H,26,27)/t13?,16?,17-,21?/m1/s1. The van der Waals surface area contributed by atoms with E-state index in [2.05, 4.69) is 29.2 Å². The van der Waals surface area contributed by atoms with Crippen molar-refractivity contribution >= 4 is 17.5 Å². The molecule has 1 amide bonds. The third-order valence-electron chi connectivity index (χ3n) is 6.02. The van der Waals surface area contributed by atoms with Gasteiger partial charge in [-0.15, -0.1) is 0 Å². The number of carbonyl (C=O) groups is 1. The predicted octanol–water partition coefficient (Wildman–Crippen LogP) is 1.69. The van der Waals surface area contributed by atoms with Gasteiger partial charge in [-0.05, 0) is 58.0 Å². The number of hydrogen-bond acceptors (Lipinski definition) is 6. The average molecular weight is 422 g/mol. The highest BCUT2D eigenvalue weighted by atomic mass is 19.1. The monoisotopic (exact) mass is 421 g/mol. The summed E-state index contributed by atoms with van der Waals surface area (Å²) in [7, 11) is 4.02. The largest absolute Gasteiger partial charge is 0.364 e. The van der Waals surface area contributed by atoms with Gasteiger partial charge in [-0.2, -0.15) is 0 Å². The Bertz CT molecular complexity index is 733. The first-order chi connectivity index (χ1) is 14.1. The maximum Gasteiger partial charge on any atom is 0.270 e. The quantitative estimate of drug-likeness (QED) is 0.270. The van der Waals surface area contributed by atoms with E-state index in [0.29, 0.717) is 18.2 Å². The minimum Gasteiger partial charge on any atom is -0.364 e. The summed E-state index contributed by atoms with van der Waals surface area (Å²) in [6.07, 6.45) is 7.03. The lowest BCUT2D eigenvalue weighted by Crippen LogP contribution is -2.56. The van der Waals surface area contributed by atoms with E-state index in [-0.39, 0.29) is 23.6 Å². The number of rotatable bonds is 8. The Morgan fingerprint density at radius 2 is 2.00 bits per heavy atom. The van der Waals surface area contributed by atoms with Crippen LogP contribution in [0.3, 0.4) is 0 Å². The van der Waals surface area contributed by atoms with Gasteiger partial charge < -0.3 is 16.0 Å². The van der Waals surface area contributed by atoms with Crippen LogP contribution in [-0.4, -0.2) is 66.3 Å². The van der Waals surface area contributed by atoms with E-state index in [1.807, 2.05) is 18.9 Å². The van der Waals surface area contributed by atoms with Gasteiger partial charge in [0.2, 0.25) is 0 Å². The van der Waals surface area contributed by atoms with E-state index in [9.17, 15) is 9.18 Å². The number of halogens is 1. The number of allylic oxidation sites excluding steroid dienone is 4. The number of primary amides is 1. The van der Waals surface area contributed by atoms with Gasteiger partial charge in [0, 0.05) is 17.8 Å². The second-order valence-corrected chi connectivity index (χ2v) is 8.32. The molecular formula is C21H36FN7O. The first kappa shape index (κ1) is 24.2. The molecule has 0 saturated heterocycles. The van der Waals surface area contributed by atoms with Crippen LogP contribution >= 0.6 is 0 Å². The molecule has 1 fully saturated rings. The van der Waals surface area contributed by atoms with Gasteiger partial charge in [0.05, 0.1) is 0 Å². The van der Waals surface area contributed by atoms with E-state index in [1.165, 1.54) is 18.6 Å². The summed E-state index contributed by atoms with van der Waals surface area (Å²) in [5.41, 5.74) is 11.7. The molecule has 0 bridgehead atoms. The molecule has 8 nitrogen and oxygen atoms in total. The van der Waals surface area contributed by atoms with E-state index in [1.54, 1.807) is 0 Å². The molecule has 2 aliphatic rings. The number of aliphatic imine (C=N–C) groups is 1. The lowest BCUT2D eigenvalue weighted by atomic mass is 9.88. The molecule has 0 spiro atoms. The highest BCUT2D eigenvalue weighted by Crippen LogP contribution is 2.27. The van der Waals surface area contributed by atoms with Gasteiger partial charge in [-0.3, -0.25) is 20.8 Å². The zero-order valence-corrected chi connectivity index (χ0v) is 18.5. The van der Waals surface area contributed by atoms with Gasteiger partial charge in [-0.25, -0.2) is 9.38 Å². The number of hydrogen-bond donors (Lipinski definition) is 4. The Morgan fingerprint density at radius 3 is 2.57 bits per heavy atom. The summed E-state index contributed by atoms with van der Waals surface area (Å²) in [6, 6.07) is 0.573. The van der Waals surface area contributed by atoms with E-state index in [0.717, 1.165) is 25.8 Å². The van der Waals surface area contributed by atoms with Gasteiger partial charge in [-0.1, -0.05) is 26.7 Å². The SMILES string of the molecule is CCN(C)C1CCCC[C@H]1N(C)C(N)N=C(NC1=CC(F)=CC(C)C1)C(=N)C(N)=O. The first-order valence-corrected chi connectivity index (χ1v) is 10.6. The molecule has 30 heavy (non-hydrogen) atoms. The van der Waals surface area contributed by atoms with Gasteiger partial charge in [0.25, 0.3) is 5.91 Å². The number of amidine groups is 1. The van der Waals surface area contributed by atoms with Gasteiger partial charge in [0.15, 0.2) is 17.8 Å². The normalized spacial score (nSPS) is 26.3. The van der Waals surface area contributed by atoms with Crippen molar-refractivity contribution in [1.82, 2.24) is 15.1 Å². The highest BCUT2D eigenvalue weighted by Gasteiger charge is 2.33. The topological polar surface area (TPSA) is 124 Å². The summed E-state index contributed by atoms with van der Waals surface area (Å²) < 4.78 is 13.8. The maximum atomic E-state index is 13.8. The highest BCUT2D eigenvalue weighted by molar-refractivity contribution is 6.65. The van der Waals surface area contributed by atoms with E-state index < -0.39 is 17.9 Å². The Hall–Kier alpha value is -2.10. The zero-order chi connectivity index (χ0) is 22.4. The van der Waals surface area contributed by atoms with Crippen LogP contribution in [0.5, 0.6) is 0 Å². The lowest BCUT2D eigenvalue weighted by molar-refractivity contribution is -0.111. The Balaban J connectivity index is 2.24. The second-order valence-electron chi connectivity index (χ2n) is 8.32. The zero-order valence-electron chi connectivity index (χ0n) is 18.5. The van der Waals surface area contributed by atoms with Crippen LogP contribution in [0.1, 0.15) is 46.0 Å². The molecule has 2 aliphatic carbocycles. The van der Waals surface area contributed by atoms with Crippen LogP contribution < -0.4 is 16.8 Å². The molecule has 168 valence electrons. The van der Waals surface area contributed by atoms with Crippen molar-refractivity contribution in [2.45, 2.75) is 64.3 Å². The lowest BCUT2D eigenvalue weighted by Gasteiger charge is -2.43. The molecule has 0 aromatic carbocycles. The van der Waals surface area contributed by atoms with E-state index in [4.69, 9.17) is 16.9 Å². The number of nitrogens with one attached hydrogen (secondary N) is 2. The molecular weight excluding hydrogens is 385 g/mol. The third kappa shape index (κ3) is 6.20. The van der Waals surface area contributed by atoms with Crippen LogP contribution in [0.15, 0.2) is 28.7 Å². The summed E-state index contributed by atoms with van der Waals surface area (Å²) in [5.74, 6) is -1.33. The molecule has 0 radical (unpaired) electrons. The molecule has 6 N–H and O–H groups in total. The summed E-state index contributed by atoms with van der Waals surface area (Å²) in [6.45, 7) is 4.96. The predicted molar refractivity (Wildman–Crippen MR) is 119 cm³/mol. The molecule has 0 aromatic rings. The smallest absolute Gasteiger partial charge is 0.270 e. The Morgan fingerprint density at radius 1 is 1.37 bits per heavy atom. The number of amides is 1. The molecule has 0 aromatic heterocycles. The average Bonchev–Trinajstić information content (AvgIpc) is 2.70. The number of nitrogens with two attached hydrogens (primary N) is 2. The van der Waals surface area contributed by atoms with Gasteiger partial charge >= 0.3 is 0 Å². The van der Waals surface area contributed by atoms with Crippen molar-refractivity contribution in [2.75, 3.05) is 20.6 Å². The van der Waals surface area contributed by atoms with Crippen molar-refractivity contribution in [1.29, 1.82) is 5.41 Å². The molecule has 0 heterocycles. The third-order valence-corrected chi connectivity index (χ3v) is 6.02. The minimum atomic E-state index is -0.919. The molecule has 1 saturated carbocycles. The van der Waals surface area contributed by atoms with E-state index >= 15 is 0 Å². The van der Waals surface area contributed by atoms with Crippen LogP contribution in [0, 0.1) is 11.3 Å². The fraction of sp³-hybridized carbons (Fsp3) is 0.667. The fourth-order valence-electron chi connectivity index (χ4n) is 4.20. The maximum absolute atomic E-state index is 13.8. The van der Waals surface area contributed by atoms with Crippen molar-refractivity contribution < 1.29 is 9.18 Å².